The maximum Gasteiger partial charge on any atom is 0.234 e. The van der Waals surface area contributed by atoms with E-state index in [2.05, 4.69) is 30.5 Å². The van der Waals surface area contributed by atoms with Crippen LogP contribution in [0.5, 0.6) is 0 Å². The van der Waals surface area contributed by atoms with E-state index in [1.54, 1.807) is 31.3 Å². The molecule has 0 aliphatic carbocycles. The number of sulfonamides is 1. The second-order valence-corrected chi connectivity index (χ2v) is 15.3. The summed E-state index contributed by atoms with van der Waals surface area (Å²) >= 11 is 0. The van der Waals surface area contributed by atoms with Gasteiger partial charge in [0.05, 0.1) is 10.3 Å². The van der Waals surface area contributed by atoms with Crippen molar-refractivity contribution in [3.63, 3.8) is 0 Å². The zero-order valence-corrected chi connectivity index (χ0v) is 17.8. The van der Waals surface area contributed by atoms with Crippen molar-refractivity contribution in [3.8, 4) is 0 Å². The fourth-order valence-corrected chi connectivity index (χ4v) is 6.92. The van der Waals surface area contributed by atoms with E-state index < -0.39 is 23.7 Å². The Bertz CT molecular complexity index is 702. The predicted octanol–water partition coefficient (Wildman–Crippen LogP) is 2.99. The summed E-state index contributed by atoms with van der Waals surface area (Å²) in [6.45, 7) is 13.8. The number of carbonyl (C=O) groups is 1. The third kappa shape index (κ3) is 4.26. The Kier molecular flexibility index (Phi) is 5.75. The minimum Gasteiger partial charge on any atom is -0.358 e. The summed E-state index contributed by atoms with van der Waals surface area (Å²) in [5.41, 5.74) is 0.0531. The van der Waals surface area contributed by atoms with Crippen molar-refractivity contribution in [2.75, 3.05) is 7.05 Å². The van der Waals surface area contributed by atoms with Gasteiger partial charge in [-0.1, -0.05) is 46.0 Å². The normalized spacial score (nSPS) is 13.7. The molecular weight excluding hydrogens is 340 g/mol. The lowest BCUT2D eigenvalue weighted by Crippen LogP contribution is -2.54. The van der Waals surface area contributed by atoms with E-state index in [1.807, 2.05) is 26.9 Å². The molecule has 0 atom stereocenters. The molecule has 0 aliphatic rings. The van der Waals surface area contributed by atoms with Crippen LogP contribution in [0.3, 0.4) is 0 Å². The van der Waals surface area contributed by atoms with Crippen LogP contribution in [0.4, 0.5) is 0 Å². The van der Waals surface area contributed by atoms with E-state index in [-0.39, 0.29) is 15.8 Å². The van der Waals surface area contributed by atoms with E-state index in [0.717, 1.165) is 5.56 Å². The molecule has 5 nitrogen and oxygen atoms in total. The molecule has 0 saturated heterocycles. The summed E-state index contributed by atoms with van der Waals surface area (Å²) in [6, 6.07) is 6.54. The highest BCUT2D eigenvalue weighted by atomic mass is 32.2. The Labute approximate surface area is 147 Å². The molecule has 1 amide bonds. The van der Waals surface area contributed by atoms with Gasteiger partial charge in [0, 0.05) is 7.05 Å². The molecule has 0 unspecified atom stereocenters. The average Bonchev–Trinajstić information content (AvgIpc) is 2.44. The number of likely N-dealkylation sites (N-methyl/N-ethyl adjacent to an activating group) is 1. The zero-order chi connectivity index (χ0) is 19.0. The van der Waals surface area contributed by atoms with E-state index in [4.69, 9.17) is 0 Å². The Balaban J connectivity index is 3.15. The first-order valence-corrected chi connectivity index (χ1v) is 12.5. The Hall–Kier alpha value is -1.18. The number of carbonyl (C=O) groups excluding carboxylic acids is 1. The van der Waals surface area contributed by atoms with Crippen molar-refractivity contribution in [2.45, 2.75) is 63.1 Å². The Morgan fingerprint density at radius 2 is 1.46 bits per heavy atom. The second kappa shape index (κ2) is 6.61. The van der Waals surface area contributed by atoms with Crippen molar-refractivity contribution in [1.29, 1.82) is 0 Å². The first kappa shape index (κ1) is 20.9. The van der Waals surface area contributed by atoms with Crippen LogP contribution < -0.4 is 9.70 Å². The number of nitrogens with one attached hydrogen (secondary N) is 2. The molecule has 7 heteroatoms. The number of benzene rings is 1. The van der Waals surface area contributed by atoms with Gasteiger partial charge in [-0.3, -0.25) is 4.79 Å². The van der Waals surface area contributed by atoms with Gasteiger partial charge in [0.2, 0.25) is 15.9 Å². The minimum atomic E-state index is -3.58. The molecule has 0 saturated carbocycles. The first-order valence-electron chi connectivity index (χ1n) is 8.02. The molecular formula is C17H30N2O3SSi. The van der Waals surface area contributed by atoms with Crippen LogP contribution in [0, 0.1) is 0 Å². The maximum absolute atomic E-state index is 12.7. The topological polar surface area (TPSA) is 75.3 Å². The summed E-state index contributed by atoms with van der Waals surface area (Å²) in [6.07, 6.45) is 0. The molecule has 1 aromatic rings. The van der Waals surface area contributed by atoms with Crippen LogP contribution >= 0.6 is 0 Å². The summed E-state index contributed by atoms with van der Waals surface area (Å²) in [7, 11) is -4.19. The molecule has 0 aliphatic heterocycles. The lowest BCUT2D eigenvalue weighted by molar-refractivity contribution is -0.125. The highest BCUT2D eigenvalue weighted by Gasteiger charge is 2.39. The quantitative estimate of drug-likeness (QED) is 0.782. The van der Waals surface area contributed by atoms with E-state index in [1.165, 1.54) is 0 Å². The second-order valence-electron chi connectivity index (χ2n) is 8.21. The number of hydrogen-bond acceptors (Lipinski definition) is 3. The van der Waals surface area contributed by atoms with Gasteiger partial charge in [-0.05, 0) is 36.6 Å². The molecule has 0 spiro atoms. The van der Waals surface area contributed by atoms with Gasteiger partial charge in [0.25, 0.3) is 0 Å². The molecule has 136 valence electrons. The van der Waals surface area contributed by atoms with Crippen molar-refractivity contribution in [2.24, 2.45) is 0 Å². The summed E-state index contributed by atoms with van der Waals surface area (Å²) in [5.74, 6) is -0.113. The molecule has 1 aromatic carbocycles. The number of rotatable bonds is 5. The van der Waals surface area contributed by atoms with Gasteiger partial charge < -0.3 is 5.32 Å². The molecule has 0 heterocycles. The Morgan fingerprint density at radius 3 is 1.83 bits per heavy atom. The fraction of sp³-hybridized carbons (Fsp3) is 0.588. The molecule has 24 heavy (non-hydrogen) atoms. The van der Waals surface area contributed by atoms with Gasteiger partial charge in [0.15, 0.2) is 0 Å². The summed E-state index contributed by atoms with van der Waals surface area (Å²) in [4.78, 5) is 12.2. The van der Waals surface area contributed by atoms with Gasteiger partial charge in [-0.25, -0.2) is 12.8 Å². The first-order chi connectivity index (χ1) is 10.6. The molecule has 0 aromatic heterocycles. The summed E-state index contributed by atoms with van der Waals surface area (Å²) < 4.78 is 28.3. The number of hydrogen-bond donors (Lipinski definition) is 2. The van der Waals surface area contributed by atoms with E-state index in [9.17, 15) is 13.2 Å². The lowest BCUT2D eigenvalue weighted by Gasteiger charge is -2.36. The highest BCUT2D eigenvalue weighted by molar-refractivity contribution is 7.91. The van der Waals surface area contributed by atoms with Crippen LogP contribution in [0.2, 0.25) is 18.1 Å². The maximum atomic E-state index is 12.7. The average molecular weight is 371 g/mol. The standard InChI is InChI=1S/C17H30N2O3SSi/c1-16(2,3)24(7,8)19-23(21,22)14-11-9-13(10-12-14)17(4,5)15(20)18-6/h9-12,19H,1-8H3,(H,18,20). The van der Waals surface area contributed by atoms with Crippen LogP contribution in [0.25, 0.3) is 0 Å². The van der Waals surface area contributed by atoms with Gasteiger partial charge in [-0.2, -0.15) is 0 Å². The molecule has 1 rings (SSSR count). The SMILES string of the molecule is CNC(=O)C(C)(C)c1ccc(S(=O)(=O)N[Si](C)(C)C(C)(C)C)cc1. The van der Waals surface area contributed by atoms with Crippen LogP contribution in [0.1, 0.15) is 40.2 Å². The van der Waals surface area contributed by atoms with Crippen LogP contribution in [0.15, 0.2) is 29.2 Å². The number of amides is 1. The smallest absolute Gasteiger partial charge is 0.234 e. The van der Waals surface area contributed by atoms with Crippen molar-refractivity contribution < 1.29 is 13.2 Å². The van der Waals surface area contributed by atoms with Crippen molar-refractivity contribution >= 4 is 24.2 Å². The largest absolute Gasteiger partial charge is 0.358 e. The van der Waals surface area contributed by atoms with Gasteiger partial charge in [0.1, 0.15) is 8.24 Å². The molecule has 0 fully saturated rings. The minimum absolute atomic E-state index is 0.0960. The molecule has 0 bridgehead atoms. The molecule has 0 radical (unpaired) electrons. The third-order valence-electron chi connectivity index (χ3n) is 4.95. The van der Waals surface area contributed by atoms with Crippen molar-refractivity contribution in [1.82, 2.24) is 9.70 Å². The van der Waals surface area contributed by atoms with Gasteiger partial charge >= 0.3 is 0 Å². The van der Waals surface area contributed by atoms with Crippen LogP contribution in [-0.2, 0) is 20.2 Å². The van der Waals surface area contributed by atoms with Gasteiger partial charge in [-0.15, -0.1) is 0 Å². The Morgan fingerprint density at radius 1 is 1.00 bits per heavy atom. The van der Waals surface area contributed by atoms with E-state index in [0.29, 0.717) is 0 Å². The third-order valence-corrected chi connectivity index (χ3v) is 12.7. The predicted molar refractivity (Wildman–Crippen MR) is 101 cm³/mol. The van der Waals surface area contributed by atoms with Crippen LogP contribution in [-0.4, -0.2) is 29.6 Å². The highest BCUT2D eigenvalue weighted by Crippen LogP contribution is 2.35. The van der Waals surface area contributed by atoms with E-state index >= 15 is 0 Å². The van der Waals surface area contributed by atoms with Crippen molar-refractivity contribution in [3.05, 3.63) is 29.8 Å². The fourth-order valence-electron chi connectivity index (χ4n) is 2.04. The lowest BCUT2D eigenvalue weighted by atomic mass is 9.84. The zero-order valence-electron chi connectivity index (χ0n) is 15.9. The summed E-state index contributed by atoms with van der Waals surface area (Å²) in [5, 5.41) is 2.54. The molecule has 2 N–H and O–H groups in total. The monoisotopic (exact) mass is 370 g/mol.